The van der Waals surface area contributed by atoms with Crippen LogP contribution in [0, 0.1) is 19.8 Å². The number of thioether (sulfide) groups is 1. The molecular weight excluding hydrogens is 346 g/mol. The number of carbonyl (C=O) groups is 1. The van der Waals surface area contributed by atoms with Gasteiger partial charge in [-0.3, -0.25) is 4.79 Å². The molecule has 1 N–H and O–H groups in total. The minimum atomic E-state index is -0.250. The van der Waals surface area contributed by atoms with Crippen molar-refractivity contribution in [1.82, 2.24) is 25.5 Å². The highest BCUT2D eigenvalue weighted by Crippen LogP contribution is 2.27. The summed E-state index contributed by atoms with van der Waals surface area (Å²) >= 11 is 1.40. The van der Waals surface area contributed by atoms with Crippen LogP contribution in [-0.4, -0.2) is 37.4 Å². The average molecular weight is 374 g/mol. The van der Waals surface area contributed by atoms with Gasteiger partial charge in [0.1, 0.15) is 0 Å². The first-order valence-electron chi connectivity index (χ1n) is 9.28. The molecule has 1 saturated carbocycles. The van der Waals surface area contributed by atoms with Crippen molar-refractivity contribution >= 4 is 17.7 Å². The lowest BCUT2D eigenvalue weighted by atomic mass is 9.86. The molecular formula is C19H27N5OS. The molecule has 1 aliphatic carbocycles. The van der Waals surface area contributed by atoms with E-state index >= 15 is 0 Å². The van der Waals surface area contributed by atoms with E-state index in [1.807, 2.05) is 26.0 Å². The van der Waals surface area contributed by atoms with Crippen LogP contribution < -0.4 is 5.32 Å². The van der Waals surface area contributed by atoms with E-state index in [0.29, 0.717) is 11.1 Å². The average Bonchev–Trinajstić information content (AvgIpc) is 3.04. The second-order valence-corrected chi connectivity index (χ2v) is 8.61. The van der Waals surface area contributed by atoms with E-state index in [4.69, 9.17) is 0 Å². The van der Waals surface area contributed by atoms with Crippen LogP contribution in [0.5, 0.6) is 0 Å². The molecule has 0 saturated heterocycles. The molecule has 1 aliphatic rings. The number of hydrogen-bond acceptors (Lipinski definition) is 5. The van der Waals surface area contributed by atoms with E-state index in [2.05, 4.69) is 40.8 Å². The van der Waals surface area contributed by atoms with Gasteiger partial charge in [-0.2, -0.15) is 4.68 Å². The van der Waals surface area contributed by atoms with Crippen LogP contribution in [0.1, 0.15) is 50.7 Å². The van der Waals surface area contributed by atoms with Gasteiger partial charge in [0, 0.05) is 6.04 Å². The summed E-state index contributed by atoms with van der Waals surface area (Å²) in [5.41, 5.74) is 3.24. The summed E-state index contributed by atoms with van der Waals surface area (Å²) in [5.74, 6) is 0.606. The number of carbonyl (C=O) groups excluding carboxylic acids is 1. The second-order valence-electron chi connectivity index (χ2n) is 7.30. The van der Waals surface area contributed by atoms with E-state index in [-0.39, 0.29) is 17.2 Å². The molecule has 3 unspecified atom stereocenters. The lowest BCUT2D eigenvalue weighted by Gasteiger charge is -2.30. The van der Waals surface area contributed by atoms with Gasteiger partial charge in [-0.15, -0.1) is 5.10 Å². The Morgan fingerprint density at radius 2 is 2.08 bits per heavy atom. The number of rotatable bonds is 5. The largest absolute Gasteiger partial charge is 0.352 e. The summed E-state index contributed by atoms with van der Waals surface area (Å²) in [4.78, 5) is 12.6. The molecule has 0 spiro atoms. The van der Waals surface area contributed by atoms with E-state index in [1.54, 1.807) is 4.68 Å². The summed E-state index contributed by atoms with van der Waals surface area (Å²) in [5, 5.41) is 15.7. The molecule has 1 aromatic heterocycles. The first-order chi connectivity index (χ1) is 12.5. The topological polar surface area (TPSA) is 72.7 Å². The number of amides is 1. The molecule has 2 aromatic rings. The van der Waals surface area contributed by atoms with Gasteiger partial charge in [-0.25, -0.2) is 0 Å². The van der Waals surface area contributed by atoms with Crippen molar-refractivity contribution < 1.29 is 4.79 Å². The van der Waals surface area contributed by atoms with Gasteiger partial charge in [0.2, 0.25) is 11.1 Å². The molecule has 0 aliphatic heterocycles. The fourth-order valence-electron chi connectivity index (χ4n) is 3.49. The number of tetrazole rings is 1. The monoisotopic (exact) mass is 373 g/mol. The second kappa shape index (κ2) is 8.20. The standard InChI is InChI=1S/C19H27N5OS/c1-12-9-10-17(14(3)11-12)24-19(21-22-23-24)26-15(4)18(25)20-16-8-6-5-7-13(16)2/h9-11,13,15-16H,5-8H2,1-4H3,(H,20,25). The minimum absolute atomic E-state index is 0.0592. The number of hydrogen-bond donors (Lipinski definition) is 1. The fraction of sp³-hybridized carbons (Fsp3) is 0.579. The van der Waals surface area contributed by atoms with Crippen LogP contribution in [0.15, 0.2) is 23.4 Å². The molecule has 0 bridgehead atoms. The predicted octanol–water partition coefficient (Wildman–Crippen LogP) is 3.45. The van der Waals surface area contributed by atoms with Gasteiger partial charge in [-0.1, -0.05) is 49.2 Å². The lowest BCUT2D eigenvalue weighted by molar-refractivity contribution is -0.121. The Morgan fingerprint density at radius 1 is 1.31 bits per heavy atom. The van der Waals surface area contributed by atoms with Crippen LogP contribution >= 0.6 is 11.8 Å². The summed E-state index contributed by atoms with van der Waals surface area (Å²) in [6.45, 7) is 8.24. The summed E-state index contributed by atoms with van der Waals surface area (Å²) in [7, 11) is 0. The van der Waals surface area contributed by atoms with Gasteiger partial charge in [-0.05, 0) is 61.6 Å². The molecule has 7 heteroatoms. The summed E-state index contributed by atoms with van der Waals surface area (Å²) in [6.07, 6.45) is 4.73. The number of benzene rings is 1. The molecule has 1 heterocycles. The van der Waals surface area contributed by atoms with Gasteiger partial charge in [0.25, 0.3) is 0 Å². The number of nitrogens with one attached hydrogen (secondary N) is 1. The van der Waals surface area contributed by atoms with E-state index in [1.165, 1.54) is 36.6 Å². The van der Waals surface area contributed by atoms with E-state index in [9.17, 15) is 4.79 Å². The van der Waals surface area contributed by atoms with Crippen molar-refractivity contribution in [3.05, 3.63) is 29.3 Å². The Balaban J connectivity index is 1.69. The normalized spacial score (nSPS) is 21.4. The Kier molecular flexibility index (Phi) is 5.96. The van der Waals surface area contributed by atoms with Gasteiger partial charge in [0.05, 0.1) is 10.9 Å². The Morgan fingerprint density at radius 3 is 2.81 bits per heavy atom. The molecule has 0 radical (unpaired) electrons. The molecule has 6 nitrogen and oxygen atoms in total. The number of nitrogens with zero attached hydrogens (tertiary/aromatic N) is 4. The quantitative estimate of drug-likeness (QED) is 0.813. The first kappa shape index (κ1) is 18.9. The zero-order valence-electron chi connectivity index (χ0n) is 15.9. The van der Waals surface area contributed by atoms with Gasteiger partial charge >= 0.3 is 0 Å². The van der Waals surface area contributed by atoms with Crippen LogP contribution in [0.4, 0.5) is 0 Å². The zero-order chi connectivity index (χ0) is 18.7. The fourth-order valence-corrected chi connectivity index (χ4v) is 4.30. The molecule has 1 aromatic carbocycles. The maximum absolute atomic E-state index is 12.6. The highest BCUT2D eigenvalue weighted by Gasteiger charge is 2.26. The highest BCUT2D eigenvalue weighted by atomic mass is 32.2. The smallest absolute Gasteiger partial charge is 0.233 e. The number of aryl methyl sites for hydroxylation is 2. The third-order valence-electron chi connectivity index (χ3n) is 5.11. The van der Waals surface area contributed by atoms with Crippen molar-refractivity contribution in [2.45, 2.75) is 69.8 Å². The van der Waals surface area contributed by atoms with E-state index < -0.39 is 0 Å². The van der Waals surface area contributed by atoms with E-state index in [0.717, 1.165) is 17.7 Å². The third-order valence-corrected chi connectivity index (χ3v) is 6.14. The first-order valence-corrected chi connectivity index (χ1v) is 10.2. The molecule has 3 rings (SSSR count). The third kappa shape index (κ3) is 4.26. The van der Waals surface area contributed by atoms with Crippen LogP contribution in [-0.2, 0) is 4.79 Å². The molecule has 1 fully saturated rings. The molecule has 140 valence electrons. The van der Waals surface area contributed by atoms with Gasteiger partial charge in [0.15, 0.2) is 0 Å². The van der Waals surface area contributed by atoms with Gasteiger partial charge < -0.3 is 5.32 Å². The maximum atomic E-state index is 12.6. The maximum Gasteiger partial charge on any atom is 0.233 e. The van der Waals surface area contributed by atoms with Crippen LogP contribution in [0.25, 0.3) is 5.69 Å². The molecule has 26 heavy (non-hydrogen) atoms. The van der Waals surface area contributed by atoms with Crippen molar-refractivity contribution in [3.63, 3.8) is 0 Å². The summed E-state index contributed by atoms with van der Waals surface area (Å²) in [6, 6.07) is 6.44. The molecule has 3 atom stereocenters. The Labute approximate surface area is 159 Å². The molecule has 1 amide bonds. The van der Waals surface area contributed by atoms with Crippen LogP contribution in [0.3, 0.4) is 0 Å². The SMILES string of the molecule is Cc1ccc(-n2nnnc2SC(C)C(=O)NC2CCCCC2C)c(C)c1. The zero-order valence-corrected chi connectivity index (χ0v) is 16.7. The van der Waals surface area contributed by atoms with Crippen molar-refractivity contribution in [3.8, 4) is 5.69 Å². The lowest BCUT2D eigenvalue weighted by Crippen LogP contribution is -2.44. The highest BCUT2D eigenvalue weighted by molar-refractivity contribution is 8.00. The predicted molar refractivity (Wildman–Crippen MR) is 104 cm³/mol. The van der Waals surface area contributed by atoms with Crippen LogP contribution in [0.2, 0.25) is 0 Å². The number of aromatic nitrogens is 4. The summed E-state index contributed by atoms with van der Waals surface area (Å²) < 4.78 is 1.71. The Bertz CT molecular complexity index is 775. The minimum Gasteiger partial charge on any atom is -0.352 e. The van der Waals surface area contributed by atoms with Crippen molar-refractivity contribution in [1.29, 1.82) is 0 Å². The van der Waals surface area contributed by atoms with Crippen molar-refractivity contribution in [2.24, 2.45) is 5.92 Å². The van der Waals surface area contributed by atoms with Crippen molar-refractivity contribution in [2.75, 3.05) is 0 Å². The Hall–Kier alpha value is -1.89.